The third-order valence-corrected chi connectivity index (χ3v) is 3.37. The van der Waals surface area contributed by atoms with Gasteiger partial charge < -0.3 is 20.7 Å². The Kier molecular flexibility index (Phi) is 6.66. The molecule has 0 atom stereocenters. The van der Waals surface area contributed by atoms with Crippen LogP contribution in [0.1, 0.15) is 5.69 Å². The van der Waals surface area contributed by atoms with E-state index in [-0.39, 0.29) is 35.6 Å². The molecule has 144 valence electrons. The minimum absolute atomic E-state index is 0.0196. The first kappa shape index (κ1) is 20.1. The van der Waals surface area contributed by atoms with Crippen LogP contribution in [0.25, 0.3) is 0 Å². The third-order valence-electron chi connectivity index (χ3n) is 3.08. The van der Waals surface area contributed by atoms with Crippen molar-refractivity contribution in [1.29, 1.82) is 0 Å². The van der Waals surface area contributed by atoms with Crippen molar-refractivity contribution in [2.24, 2.45) is 10.7 Å². The van der Waals surface area contributed by atoms with E-state index in [9.17, 15) is 14.0 Å². The summed E-state index contributed by atoms with van der Waals surface area (Å²) in [6.07, 6.45) is 0. The lowest BCUT2D eigenvalue weighted by Gasteiger charge is -2.10. The fraction of sp³-hybridized carbons (Fsp3) is 0.267. The molecule has 0 spiro atoms. The van der Waals surface area contributed by atoms with Gasteiger partial charge in [0.2, 0.25) is 5.69 Å². The number of nitrogens with one attached hydrogen (secondary N) is 1. The molecule has 3 N–H and O–H groups in total. The number of nitrogens with two attached hydrogens (primary N) is 1. The molecule has 0 aliphatic carbocycles. The standard InChI is InChI=1S/C15H16ClFN6O4/c1-23(2)15(25)13(24)19-5-6-26-14-11(21-27-22-14)12(18)20-8-3-4-10(17)9(16)7-8/h3-4,7H,5-6H2,1-2H3,(H2,18,20)(H,19,24). The van der Waals surface area contributed by atoms with Crippen molar-refractivity contribution >= 4 is 34.9 Å². The van der Waals surface area contributed by atoms with Crippen LogP contribution in [0.5, 0.6) is 5.88 Å². The van der Waals surface area contributed by atoms with Crippen LogP contribution in [0.15, 0.2) is 27.8 Å². The molecule has 1 heterocycles. The van der Waals surface area contributed by atoms with Crippen LogP contribution >= 0.6 is 11.6 Å². The number of carbonyl (C=O) groups is 2. The van der Waals surface area contributed by atoms with Crippen LogP contribution in [0.4, 0.5) is 10.1 Å². The van der Waals surface area contributed by atoms with Gasteiger partial charge in [-0.25, -0.2) is 14.0 Å². The summed E-state index contributed by atoms with van der Waals surface area (Å²) in [5.41, 5.74) is 6.15. The fourth-order valence-electron chi connectivity index (χ4n) is 1.77. The number of hydrogen-bond donors (Lipinski definition) is 2. The maximum absolute atomic E-state index is 13.2. The van der Waals surface area contributed by atoms with E-state index in [0.717, 1.165) is 11.0 Å². The van der Waals surface area contributed by atoms with Crippen LogP contribution in [-0.2, 0) is 9.59 Å². The van der Waals surface area contributed by atoms with Gasteiger partial charge in [-0.05, 0) is 28.5 Å². The summed E-state index contributed by atoms with van der Waals surface area (Å²) in [6, 6.07) is 3.80. The molecule has 0 fully saturated rings. The first-order chi connectivity index (χ1) is 12.8. The molecule has 12 heteroatoms. The Morgan fingerprint density at radius 2 is 2.15 bits per heavy atom. The molecule has 0 unspecified atom stereocenters. The summed E-state index contributed by atoms with van der Waals surface area (Å²) in [4.78, 5) is 28.1. The van der Waals surface area contributed by atoms with Crippen molar-refractivity contribution < 1.29 is 23.3 Å². The lowest BCUT2D eigenvalue weighted by Crippen LogP contribution is -2.40. The van der Waals surface area contributed by atoms with Crippen molar-refractivity contribution in [3.63, 3.8) is 0 Å². The predicted molar refractivity (Wildman–Crippen MR) is 93.3 cm³/mol. The Labute approximate surface area is 158 Å². The van der Waals surface area contributed by atoms with Crippen LogP contribution in [-0.4, -0.2) is 60.1 Å². The van der Waals surface area contributed by atoms with Crippen LogP contribution in [0, 0.1) is 5.82 Å². The van der Waals surface area contributed by atoms with Crippen molar-refractivity contribution in [3.05, 3.63) is 34.7 Å². The van der Waals surface area contributed by atoms with E-state index >= 15 is 0 Å². The van der Waals surface area contributed by atoms with E-state index in [4.69, 9.17) is 22.1 Å². The maximum atomic E-state index is 13.2. The second-order valence-corrected chi connectivity index (χ2v) is 5.72. The second-order valence-electron chi connectivity index (χ2n) is 5.32. The molecule has 1 aromatic heterocycles. The molecule has 0 saturated heterocycles. The topological polar surface area (TPSA) is 136 Å². The number of carbonyl (C=O) groups excluding carboxylic acids is 2. The Morgan fingerprint density at radius 1 is 1.41 bits per heavy atom. The number of amides is 2. The number of likely N-dealkylation sites (N-methyl/N-ethyl adjacent to an activating group) is 1. The quantitative estimate of drug-likeness (QED) is 0.312. The monoisotopic (exact) mass is 398 g/mol. The summed E-state index contributed by atoms with van der Waals surface area (Å²) in [6.45, 7) is 0.0125. The fourth-order valence-corrected chi connectivity index (χ4v) is 1.94. The van der Waals surface area contributed by atoms with Crippen molar-refractivity contribution in [3.8, 4) is 5.88 Å². The highest BCUT2D eigenvalue weighted by Crippen LogP contribution is 2.22. The van der Waals surface area contributed by atoms with Gasteiger partial charge in [0.25, 0.3) is 5.88 Å². The molecule has 1 aromatic carbocycles. The van der Waals surface area contributed by atoms with Gasteiger partial charge in [0.1, 0.15) is 12.4 Å². The third kappa shape index (κ3) is 5.38. The Balaban J connectivity index is 1.97. The van der Waals surface area contributed by atoms with Gasteiger partial charge in [-0.15, -0.1) is 0 Å². The molecule has 10 nitrogen and oxygen atoms in total. The van der Waals surface area contributed by atoms with Crippen LogP contribution in [0.3, 0.4) is 0 Å². The zero-order valence-electron chi connectivity index (χ0n) is 14.4. The van der Waals surface area contributed by atoms with E-state index in [1.807, 2.05) is 0 Å². The zero-order valence-corrected chi connectivity index (χ0v) is 15.2. The predicted octanol–water partition coefficient (Wildman–Crippen LogP) is 0.482. The van der Waals surface area contributed by atoms with E-state index in [1.165, 1.54) is 26.2 Å². The highest BCUT2D eigenvalue weighted by Gasteiger charge is 2.17. The smallest absolute Gasteiger partial charge is 0.311 e. The van der Waals surface area contributed by atoms with E-state index < -0.39 is 17.6 Å². The lowest BCUT2D eigenvalue weighted by molar-refractivity contribution is -0.144. The van der Waals surface area contributed by atoms with Gasteiger partial charge in [-0.1, -0.05) is 11.6 Å². The van der Waals surface area contributed by atoms with Gasteiger partial charge >= 0.3 is 11.8 Å². The molecule has 0 saturated carbocycles. The molecule has 2 rings (SSSR count). The molecular formula is C15H16ClFN6O4. The van der Waals surface area contributed by atoms with Crippen LogP contribution in [0.2, 0.25) is 5.02 Å². The normalized spacial score (nSPS) is 11.2. The lowest BCUT2D eigenvalue weighted by atomic mass is 10.3. The van der Waals surface area contributed by atoms with Crippen LogP contribution < -0.4 is 15.8 Å². The highest BCUT2D eigenvalue weighted by molar-refractivity contribution is 6.34. The molecule has 2 aromatic rings. The van der Waals surface area contributed by atoms with Gasteiger partial charge in [-0.2, -0.15) is 0 Å². The van der Waals surface area contributed by atoms with Crippen molar-refractivity contribution in [1.82, 2.24) is 20.5 Å². The number of rotatable bonds is 6. The molecule has 0 aliphatic heterocycles. The number of aliphatic imine (C=N–C) groups is 1. The number of amidine groups is 1. The molecule has 0 aliphatic rings. The number of ether oxygens (including phenoxy) is 1. The van der Waals surface area contributed by atoms with E-state index in [1.54, 1.807) is 0 Å². The Bertz CT molecular complexity index is 870. The molecule has 27 heavy (non-hydrogen) atoms. The minimum atomic E-state index is -0.767. The first-order valence-corrected chi connectivity index (χ1v) is 7.91. The number of aromatic nitrogens is 2. The summed E-state index contributed by atoms with van der Waals surface area (Å²) in [7, 11) is 2.92. The van der Waals surface area contributed by atoms with Gasteiger partial charge in [0.05, 0.1) is 17.3 Å². The summed E-state index contributed by atoms with van der Waals surface area (Å²) >= 11 is 5.69. The average molecular weight is 399 g/mol. The van der Waals surface area contributed by atoms with E-state index in [2.05, 4.69) is 25.3 Å². The van der Waals surface area contributed by atoms with Gasteiger partial charge in [0.15, 0.2) is 5.84 Å². The van der Waals surface area contributed by atoms with E-state index in [0.29, 0.717) is 5.69 Å². The largest absolute Gasteiger partial charge is 0.472 e. The molecule has 2 amide bonds. The highest BCUT2D eigenvalue weighted by atomic mass is 35.5. The summed E-state index contributed by atoms with van der Waals surface area (Å²) in [5.74, 6) is -2.20. The second kappa shape index (κ2) is 8.94. The number of halogens is 2. The molecule has 0 bridgehead atoms. The minimum Gasteiger partial charge on any atom is -0.472 e. The zero-order chi connectivity index (χ0) is 20.0. The average Bonchev–Trinajstić information content (AvgIpc) is 3.09. The Hall–Kier alpha value is -3.21. The molecule has 0 radical (unpaired) electrons. The van der Waals surface area contributed by atoms with Crippen molar-refractivity contribution in [2.75, 3.05) is 27.2 Å². The van der Waals surface area contributed by atoms with Crippen molar-refractivity contribution in [2.45, 2.75) is 0 Å². The molecular weight excluding hydrogens is 383 g/mol. The summed E-state index contributed by atoms with van der Waals surface area (Å²) < 4.78 is 23.1. The number of nitrogens with zero attached hydrogens (tertiary/aromatic N) is 4. The Morgan fingerprint density at radius 3 is 2.81 bits per heavy atom. The summed E-state index contributed by atoms with van der Waals surface area (Å²) in [5, 5.41) is 9.41. The first-order valence-electron chi connectivity index (χ1n) is 7.54. The number of benzene rings is 1. The van der Waals surface area contributed by atoms with Gasteiger partial charge in [-0.3, -0.25) is 9.59 Å². The van der Waals surface area contributed by atoms with Gasteiger partial charge in [0, 0.05) is 14.1 Å². The maximum Gasteiger partial charge on any atom is 0.311 e. The SMILES string of the molecule is CN(C)C(=O)C(=O)NCCOc1nonc1C(N)=Nc1ccc(F)c(Cl)c1. The number of hydrogen-bond acceptors (Lipinski definition) is 7.